The van der Waals surface area contributed by atoms with Gasteiger partial charge in [-0.15, -0.1) is 0 Å². The van der Waals surface area contributed by atoms with Crippen molar-refractivity contribution < 1.29 is 4.73 Å². The lowest BCUT2D eigenvalue weighted by atomic mass is 10.2. The molecule has 0 bridgehead atoms. The molecule has 0 spiro atoms. The van der Waals surface area contributed by atoms with Crippen molar-refractivity contribution in [3.8, 4) is 0 Å². The fraction of sp³-hybridized carbons (Fsp3) is 0.154. The van der Waals surface area contributed by atoms with E-state index in [1.165, 1.54) is 4.57 Å². The van der Waals surface area contributed by atoms with Gasteiger partial charge in [0.25, 0.3) is 0 Å². The Kier molecular flexibility index (Phi) is 2.56. The van der Waals surface area contributed by atoms with Crippen molar-refractivity contribution in [3.05, 3.63) is 64.1 Å². The van der Waals surface area contributed by atoms with E-state index >= 15 is 0 Å². The van der Waals surface area contributed by atoms with Crippen molar-refractivity contribution in [2.75, 3.05) is 0 Å². The molecule has 0 aliphatic heterocycles. The van der Waals surface area contributed by atoms with Gasteiger partial charge in [-0.1, -0.05) is 12.1 Å². The van der Waals surface area contributed by atoms with Crippen LogP contribution >= 0.6 is 0 Å². The molecule has 0 aliphatic carbocycles. The van der Waals surface area contributed by atoms with Crippen LogP contribution in [0.3, 0.4) is 0 Å². The number of fused-ring (bicyclic) bond motifs is 1. The number of aryl methyl sites for hydroxylation is 1. The van der Waals surface area contributed by atoms with Gasteiger partial charge in [0.2, 0.25) is 0 Å². The molecule has 2 heterocycles. The Labute approximate surface area is 108 Å². The van der Waals surface area contributed by atoms with Crippen LogP contribution in [0.2, 0.25) is 0 Å². The van der Waals surface area contributed by atoms with Crippen LogP contribution in [0.4, 0.5) is 0 Å². The van der Waals surface area contributed by atoms with E-state index in [9.17, 15) is 10.0 Å². The van der Waals surface area contributed by atoms with E-state index in [0.717, 1.165) is 10.9 Å². The Hall–Kier alpha value is -2.63. The summed E-state index contributed by atoms with van der Waals surface area (Å²) in [6.07, 6.45) is 5.19. The lowest BCUT2D eigenvalue weighted by molar-refractivity contribution is -0.599. The molecule has 3 rings (SSSR count). The van der Waals surface area contributed by atoms with Crippen molar-refractivity contribution in [1.29, 1.82) is 0 Å². The monoisotopic (exact) mass is 256 g/mol. The molecule has 6 nitrogen and oxygen atoms in total. The predicted octanol–water partition coefficient (Wildman–Crippen LogP) is 0.417. The average molecular weight is 256 g/mol. The number of benzene rings is 1. The number of hydrogen-bond acceptors (Lipinski definition) is 3. The molecular weight excluding hydrogens is 244 g/mol. The van der Waals surface area contributed by atoms with Crippen LogP contribution in [0.1, 0.15) is 5.56 Å². The van der Waals surface area contributed by atoms with Crippen molar-refractivity contribution in [2.24, 2.45) is 7.05 Å². The predicted molar refractivity (Wildman–Crippen MR) is 69.5 cm³/mol. The van der Waals surface area contributed by atoms with Gasteiger partial charge in [-0.2, -0.15) is 19.2 Å². The topological polar surface area (TPSA) is 66.8 Å². The van der Waals surface area contributed by atoms with Gasteiger partial charge in [0.1, 0.15) is 18.3 Å². The third kappa shape index (κ3) is 1.97. The SMILES string of the molecule is Cn1cc(Cn2cc3ccccc3[n+]([O-])c2=O)cn1. The minimum atomic E-state index is -0.581. The summed E-state index contributed by atoms with van der Waals surface area (Å²) in [5, 5.41) is 16.7. The molecule has 0 unspecified atom stereocenters. The molecule has 0 N–H and O–H groups in total. The highest BCUT2D eigenvalue weighted by Crippen LogP contribution is 2.07. The van der Waals surface area contributed by atoms with Crippen LogP contribution in [-0.2, 0) is 13.6 Å². The highest BCUT2D eigenvalue weighted by atomic mass is 16.5. The second-order valence-corrected chi connectivity index (χ2v) is 4.42. The summed E-state index contributed by atoms with van der Waals surface area (Å²) < 4.78 is 3.48. The second kappa shape index (κ2) is 4.24. The second-order valence-electron chi connectivity index (χ2n) is 4.42. The maximum Gasteiger partial charge on any atom is 0.501 e. The zero-order valence-corrected chi connectivity index (χ0v) is 10.4. The smallest absolute Gasteiger partial charge is 0.501 e. The van der Waals surface area contributed by atoms with Gasteiger partial charge in [-0.3, -0.25) is 4.68 Å². The molecule has 1 aromatic carbocycles. The Bertz CT molecular complexity index is 804. The normalized spacial score (nSPS) is 11.0. The highest BCUT2D eigenvalue weighted by molar-refractivity contribution is 5.74. The molecule has 0 fully saturated rings. The van der Waals surface area contributed by atoms with Crippen molar-refractivity contribution in [2.45, 2.75) is 6.54 Å². The Balaban J connectivity index is 2.14. The maximum atomic E-state index is 12.0. The molecule has 0 radical (unpaired) electrons. The first-order valence-electron chi connectivity index (χ1n) is 5.84. The Morgan fingerprint density at radius 1 is 1.32 bits per heavy atom. The molecule has 0 amide bonds. The first-order valence-corrected chi connectivity index (χ1v) is 5.84. The largest absolute Gasteiger partial charge is 0.708 e. The first-order chi connectivity index (χ1) is 9.15. The van der Waals surface area contributed by atoms with Crippen LogP contribution in [-0.4, -0.2) is 14.3 Å². The molecule has 6 heteroatoms. The van der Waals surface area contributed by atoms with Gasteiger partial charge >= 0.3 is 5.69 Å². The fourth-order valence-electron chi connectivity index (χ4n) is 2.09. The summed E-state index contributed by atoms with van der Waals surface area (Å²) >= 11 is 0. The molecular formula is C13H12N4O2. The lowest BCUT2D eigenvalue weighted by Crippen LogP contribution is -2.50. The summed E-state index contributed by atoms with van der Waals surface area (Å²) in [6.45, 7) is 0.333. The molecule has 96 valence electrons. The summed E-state index contributed by atoms with van der Waals surface area (Å²) in [4.78, 5) is 12.0. The molecule has 0 saturated carbocycles. The van der Waals surface area contributed by atoms with Crippen LogP contribution in [0.15, 0.2) is 47.7 Å². The van der Waals surface area contributed by atoms with E-state index in [4.69, 9.17) is 0 Å². The van der Waals surface area contributed by atoms with Crippen LogP contribution in [0.5, 0.6) is 0 Å². The van der Waals surface area contributed by atoms with Crippen LogP contribution in [0.25, 0.3) is 10.9 Å². The Morgan fingerprint density at radius 3 is 2.84 bits per heavy atom. The first kappa shape index (κ1) is 11.5. The zero-order chi connectivity index (χ0) is 13.4. The quantitative estimate of drug-likeness (QED) is 0.493. The van der Waals surface area contributed by atoms with Crippen LogP contribution in [0, 0.1) is 5.21 Å². The Morgan fingerprint density at radius 2 is 2.11 bits per heavy atom. The van der Waals surface area contributed by atoms with Gasteiger partial charge < -0.3 is 5.21 Å². The summed E-state index contributed by atoms with van der Waals surface area (Å²) in [7, 11) is 1.81. The standard InChI is InChI=1S/C13H12N4O2/c1-15-7-10(6-14-15)8-16-9-11-4-2-3-5-12(11)17(19)13(16)18/h2-7,9H,8H2,1H3. The van der Waals surface area contributed by atoms with Gasteiger partial charge in [0.05, 0.1) is 11.6 Å². The fourth-order valence-corrected chi connectivity index (χ4v) is 2.09. The third-order valence-corrected chi connectivity index (χ3v) is 2.98. The molecule has 0 atom stereocenters. The van der Waals surface area contributed by atoms with Crippen molar-refractivity contribution in [3.63, 3.8) is 0 Å². The average Bonchev–Trinajstić information content (AvgIpc) is 2.81. The van der Waals surface area contributed by atoms with E-state index in [1.54, 1.807) is 36.3 Å². The van der Waals surface area contributed by atoms with Crippen molar-refractivity contribution >= 4 is 10.9 Å². The van der Waals surface area contributed by atoms with Gasteiger partial charge in [-0.25, -0.2) is 0 Å². The number of para-hydroxylation sites is 1. The molecule has 19 heavy (non-hydrogen) atoms. The van der Waals surface area contributed by atoms with Crippen molar-refractivity contribution in [1.82, 2.24) is 14.3 Å². The molecule has 0 saturated heterocycles. The minimum absolute atomic E-state index is 0.333. The highest BCUT2D eigenvalue weighted by Gasteiger charge is 2.12. The molecule has 2 aromatic heterocycles. The molecule has 0 aliphatic rings. The lowest BCUT2D eigenvalue weighted by Gasteiger charge is -2.07. The number of aromatic nitrogens is 4. The summed E-state index contributed by atoms with van der Waals surface area (Å²) in [5.74, 6) is 0. The van der Waals surface area contributed by atoms with E-state index < -0.39 is 5.69 Å². The maximum absolute atomic E-state index is 12.0. The minimum Gasteiger partial charge on any atom is -0.708 e. The van der Waals surface area contributed by atoms with Gasteiger partial charge in [-0.05, 0) is 12.1 Å². The van der Waals surface area contributed by atoms with Gasteiger partial charge in [0, 0.05) is 18.8 Å². The van der Waals surface area contributed by atoms with E-state index in [2.05, 4.69) is 5.10 Å². The van der Waals surface area contributed by atoms with E-state index in [1.807, 2.05) is 18.3 Å². The number of nitrogens with zero attached hydrogens (tertiary/aromatic N) is 4. The van der Waals surface area contributed by atoms with Crippen LogP contribution < -0.4 is 10.4 Å². The summed E-state index contributed by atoms with van der Waals surface area (Å²) in [6, 6.07) is 7.02. The third-order valence-electron chi connectivity index (χ3n) is 2.98. The molecule has 3 aromatic rings. The number of rotatable bonds is 2. The van der Waals surface area contributed by atoms with Gasteiger partial charge in [0.15, 0.2) is 0 Å². The number of hydrogen-bond donors (Lipinski definition) is 0. The van der Waals surface area contributed by atoms with E-state index in [-0.39, 0.29) is 0 Å². The zero-order valence-electron chi connectivity index (χ0n) is 10.4. The van der Waals surface area contributed by atoms with E-state index in [0.29, 0.717) is 16.8 Å². The summed E-state index contributed by atoms with van der Waals surface area (Å²) in [5.41, 5.74) is 0.678.